The largest absolute Gasteiger partial charge is 0.311 e. The van der Waals surface area contributed by atoms with Crippen molar-refractivity contribution in [3.63, 3.8) is 0 Å². The molecule has 0 fully saturated rings. The Balaban J connectivity index is 0.671. The van der Waals surface area contributed by atoms with Crippen LogP contribution in [0.15, 0.2) is 340 Å². The van der Waals surface area contributed by atoms with Gasteiger partial charge in [-0.2, -0.15) is 0 Å². The fraction of sp³-hybridized carbons (Fsp3) is 0.267. The van der Waals surface area contributed by atoms with Crippen LogP contribution in [0.5, 0.6) is 0 Å². The number of nitrogens with zero attached hydrogens (tertiary/aromatic N) is 6. The number of benzene rings is 16. The minimum atomic E-state index is -0.369. The van der Waals surface area contributed by atoms with E-state index in [0.29, 0.717) is 0 Å². The molecule has 6 aliphatic rings. The van der Waals surface area contributed by atoms with E-state index in [4.69, 9.17) is 0 Å². The van der Waals surface area contributed by atoms with Crippen molar-refractivity contribution in [2.75, 3.05) is 29.4 Å². The Bertz CT molecular complexity index is 7550. The van der Waals surface area contributed by atoms with E-state index in [9.17, 15) is 0 Å². The lowest BCUT2D eigenvalue weighted by Gasteiger charge is -2.46. The van der Waals surface area contributed by atoms with Crippen molar-refractivity contribution >= 4 is 149 Å². The second-order valence-electron chi connectivity index (χ2n) is 48.3. The average molecular weight is 1810 g/mol. The Labute approximate surface area is 828 Å². The van der Waals surface area contributed by atoms with Crippen molar-refractivity contribution in [2.45, 2.75) is 228 Å². The molecule has 139 heavy (non-hydrogen) atoms. The Morgan fingerprint density at radius 3 is 0.950 bits per heavy atom. The molecule has 1 atom stereocenters. The number of hydrogen-bond acceptors (Lipinski definition) is 6. The molecule has 6 nitrogen and oxygen atoms in total. The summed E-state index contributed by atoms with van der Waals surface area (Å²) in [7, 11) is 0. The highest BCUT2D eigenvalue weighted by Gasteiger charge is 2.50. The number of rotatable bonds is 14. The van der Waals surface area contributed by atoms with Gasteiger partial charge in [-0.15, -0.1) is 0 Å². The standard InChI is InChI=1S/C131H132B2N6/c1-83-73-117-121-118(74-83)138(115-81-99(134(91-35-27-25-28-36-91)92-37-29-26-30-38-92)63-69-111(115)132(121)109-67-51-88(126(11,12)13)75-113(109)136(117)95-55-45-85(46-56-95)124(5,6)7)98-62-66-104-102-40-32-34-42-106(102)131(24,108(104)80-98)72-71-129(20,21)87-49-59-94(60-50-87)135(93-53-43-84(44-54-93)123(2,3)4)100-64-70-112-116(82-100)139(97-61-65-103-101-39-31-33-41-105(101)130(22,23)107(103)79-97)120-78-90(128(17,18)19)77-119-122(120)133(112)110-68-52-89(127(14,15)16)76-114(110)137(119)96-57-47-86(48-58-96)125(8,9)10/h25-70,73-82H,71-72H2,1-24H3. The molecule has 692 valence electrons. The molecule has 0 saturated carbocycles. The van der Waals surface area contributed by atoms with Crippen molar-refractivity contribution in [1.82, 2.24) is 0 Å². The van der Waals surface area contributed by atoms with E-state index in [1.807, 2.05) is 0 Å². The van der Waals surface area contributed by atoms with Gasteiger partial charge in [0.05, 0.1) is 0 Å². The van der Waals surface area contributed by atoms with Gasteiger partial charge in [0.15, 0.2) is 0 Å². The monoisotopic (exact) mass is 1810 g/mol. The Kier molecular flexibility index (Phi) is 21.0. The molecular formula is C131H132B2N6. The van der Waals surface area contributed by atoms with E-state index in [0.717, 1.165) is 69.7 Å². The normalized spacial score (nSPS) is 15.4. The lowest BCUT2D eigenvalue weighted by molar-refractivity contribution is 0.397. The van der Waals surface area contributed by atoms with E-state index < -0.39 is 0 Å². The van der Waals surface area contributed by atoms with Crippen LogP contribution in [0.3, 0.4) is 0 Å². The van der Waals surface area contributed by atoms with Gasteiger partial charge in [-0.3, -0.25) is 0 Å². The molecule has 4 heterocycles. The predicted octanol–water partition coefficient (Wildman–Crippen LogP) is 32.2. The van der Waals surface area contributed by atoms with Crippen LogP contribution in [-0.4, -0.2) is 13.4 Å². The summed E-state index contributed by atoms with van der Waals surface area (Å²) in [5.74, 6) is 0. The molecule has 0 spiro atoms. The van der Waals surface area contributed by atoms with Crippen LogP contribution >= 0.6 is 0 Å². The summed E-state index contributed by atoms with van der Waals surface area (Å²) in [6.07, 6.45) is 1.84. The first kappa shape index (κ1) is 90.6. The summed E-state index contributed by atoms with van der Waals surface area (Å²) in [5, 5.41) is 0. The smallest absolute Gasteiger partial charge is 0.252 e. The number of hydrogen-bond donors (Lipinski definition) is 0. The van der Waals surface area contributed by atoms with Crippen LogP contribution in [0.25, 0.3) is 22.3 Å². The lowest BCUT2D eigenvalue weighted by atomic mass is 9.33. The lowest BCUT2D eigenvalue weighted by Crippen LogP contribution is -2.61. The van der Waals surface area contributed by atoms with Gasteiger partial charge in [-0.1, -0.05) is 341 Å². The number of aryl methyl sites for hydroxylation is 1. The van der Waals surface area contributed by atoms with Crippen molar-refractivity contribution in [1.29, 1.82) is 0 Å². The summed E-state index contributed by atoms with van der Waals surface area (Å²) < 4.78 is 0. The summed E-state index contributed by atoms with van der Waals surface area (Å²) in [6, 6.07) is 133. The van der Waals surface area contributed by atoms with Gasteiger partial charge in [0.2, 0.25) is 0 Å². The first-order valence-electron chi connectivity index (χ1n) is 50.7. The fourth-order valence-corrected chi connectivity index (χ4v) is 23.8. The molecular weight excluding hydrogens is 1680 g/mol. The minimum absolute atomic E-state index is 0.00719. The van der Waals surface area contributed by atoms with Gasteiger partial charge in [-0.05, 0) is 337 Å². The highest BCUT2D eigenvalue weighted by molar-refractivity contribution is 7.01. The third-order valence-corrected chi connectivity index (χ3v) is 32.0. The topological polar surface area (TPSA) is 19.4 Å². The molecule has 16 aromatic carbocycles. The molecule has 0 radical (unpaired) electrons. The summed E-state index contributed by atoms with van der Waals surface area (Å²) in [4.78, 5) is 15.5. The van der Waals surface area contributed by atoms with Gasteiger partial charge in [0.25, 0.3) is 13.4 Å². The summed E-state index contributed by atoms with van der Waals surface area (Å²) in [5.41, 5.74) is 48.5. The van der Waals surface area contributed by atoms with Crippen LogP contribution in [0, 0.1) is 6.92 Å². The molecule has 1 unspecified atom stereocenters. The van der Waals surface area contributed by atoms with E-state index >= 15 is 0 Å². The first-order valence-corrected chi connectivity index (χ1v) is 50.7. The van der Waals surface area contributed by atoms with Crippen LogP contribution in [-0.2, 0) is 48.7 Å². The molecule has 8 heteroatoms. The molecule has 4 aliphatic heterocycles. The van der Waals surface area contributed by atoms with Crippen molar-refractivity contribution in [3.8, 4) is 22.3 Å². The fourth-order valence-electron chi connectivity index (χ4n) is 23.8. The average Bonchev–Trinajstić information content (AvgIpc) is 1.09. The summed E-state index contributed by atoms with van der Waals surface area (Å²) in [6.45, 7) is 56.7. The molecule has 0 saturated heterocycles. The highest BCUT2D eigenvalue weighted by atomic mass is 15.2. The third kappa shape index (κ3) is 15.1. The zero-order valence-corrected chi connectivity index (χ0v) is 86.1. The van der Waals surface area contributed by atoms with Crippen LogP contribution in [0.4, 0.5) is 102 Å². The van der Waals surface area contributed by atoms with Crippen LogP contribution < -0.4 is 62.2 Å². The molecule has 22 rings (SSSR count). The van der Waals surface area contributed by atoms with E-state index in [1.54, 1.807) is 0 Å². The van der Waals surface area contributed by atoms with E-state index in [2.05, 4.69) is 535 Å². The highest BCUT2D eigenvalue weighted by Crippen LogP contribution is 2.59. The second-order valence-corrected chi connectivity index (χ2v) is 48.3. The molecule has 16 aromatic rings. The Morgan fingerprint density at radius 1 is 0.237 bits per heavy atom. The molecule has 0 bridgehead atoms. The number of para-hydroxylation sites is 2. The maximum Gasteiger partial charge on any atom is 0.252 e. The van der Waals surface area contributed by atoms with Gasteiger partial charge in [-0.25, -0.2) is 0 Å². The maximum absolute atomic E-state index is 2.68. The minimum Gasteiger partial charge on any atom is -0.311 e. The molecule has 0 aromatic heterocycles. The van der Waals surface area contributed by atoms with Crippen LogP contribution in [0.1, 0.15) is 239 Å². The van der Waals surface area contributed by atoms with Crippen molar-refractivity contribution in [3.05, 3.63) is 406 Å². The SMILES string of the molecule is Cc1cc2c3c(c1)N(c1ccc(C(C)(C)C)cc1)c1cc(C(C)(C)C)ccc1B3c1ccc(N(c3ccccc3)c3ccccc3)cc1N2c1ccc2c(c1)C(C)(CCC(C)(C)c1ccc(N(c3ccc(C(C)(C)C)cc3)c3ccc4c(c3)N(c3ccc5c(c3)C(C)(C)c3ccccc3-5)c3cc(C(C)(C)C)cc5c3B4c3ccc(C(C)(C)C)cc3N5c3ccc(C(C)(C)C)cc3)cc1)c1ccccc1-2. The maximum atomic E-state index is 2.68. The van der Waals surface area contributed by atoms with Gasteiger partial charge < -0.3 is 29.4 Å². The van der Waals surface area contributed by atoms with Gasteiger partial charge in [0.1, 0.15) is 0 Å². The van der Waals surface area contributed by atoms with Crippen LogP contribution in [0.2, 0.25) is 0 Å². The zero-order valence-electron chi connectivity index (χ0n) is 86.1. The Hall–Kier alpha value is -13.6. The van der Waals surface area contributed by atoms with Crippen molar-refractivity contribution < 1.29 is 0 Å². The molecule has 2 aliphatic carbocycles. The number of fused-ring (bicyclic) bond motifs is 14. The van der Waals surface area contributed by atoms with Crippen molar-refractivity contribution in [2.24, 2.45) is 0 Å². The predicted molar refractivity (Wildman–Crippen MR) is 599 cm³/mol. The van der Waals surface area contributed by atoms with E-state index in [-0.39, 0.29) is 62.2 Å². The van der Waals surface area contributed by atoms with Gasteiger partial charge >= 0.3 is 0 Å². The first-order chi connectivity index (χ1) is 66.0. The molecule has 0 N–H and O–H groups in total. The third-order valence-electron chi connectivity index (χ3n) is 32.0. The quantitative estimate of drug-likeness (QED) is 0.100. The van der Waals surface area contributed by atoms with Gasteiger partial charge in [0, 0.05) is 113 Å². The Morgan fingerprint density at radius 2 is 0.532 bits per heavy atom. The zero-order chi connectivity index (χ0) is 97.2. The number of anilines is 18. The second kappa shape index (κ2) is 32.3. The summed E-state index contributed by atoms with van der Waals surface area (Å²) >= 11 is 0. The molecule has 0 amide bonds. The van der Waals surface area contributed by atoms with E-state index in [1.165, 1.54) is 167 Å².